The van der Waals surface area contributed by atoms with E-state index < -0.39 is 5.82 Å². The lowest BCUT2D eigenvalue weighted by molar-refractivity contribution is 0.0858. The molecule has 1 aromatic carbocycles. The minimum Gasteiger partial charge on any atom is -0.395 e. The average molecular weight is 265 g/mol. The second kappa shape index (κ2) is 6.78. The Balaban J connectivity index is 2.04. The third-order valence-corrected chi connectivity index (χ3v) is 3.75. The van der Waals surface area contributed by atoms with Crippen LogP contribution in [0.2, 0.25) is 0 Å². The Morgan fingerprint density at radius 1 is 1.32 bits per heavy atom. The number of hydrogen-bond donors (Lipinski definition) is 1. The number of nitrogens with zero attached hydrogens (tertiary/aromatic N) is 1. The average Bonchev–Trinajstić information content (AvgIpc) is 2.92. The van der Waals surface area contributed by atoms with Crippen molar-refractivity contribution in [3.8, 4) is 0 Å². The fourth-order valence-corrected chi connectivity index (χ4v) is 2.75. The highest BCUT2D eigenvalue weighted by Gasteiger charge is 2.24. The van der Waals surface area contributed by atoms with Crippen LogP contribution in [-0.4, -0.2) is 41.5 Å². The second-order valence-corrected chi connectivity index (χ2v) is 5.04. The molecule has 0 unspecified atom stereocenters. The molecule has 0 heterocycles. The van der Waals surface area contributed by atoms with E-state index in [4.69, 9.17) is 5.11 Å². The lowest BCUT2D eigenvalue weighted by Crippen LogP contribution is -2.39. The summed E-state index contributed by atoms with van der Waals surface area (Å²) in [6, 6.07) is 6.42. The predicted octanol–water partition coefficient (Wildman–Crippen LogP) is 2.25. The summed E-state index contributed by atoms with van der Waals surface area (Å²) >= 11 is 0. The fraction of sp³-hybridized carbons (Fsp3) is 0.533. The Bertz CT molecular complexity index is 430. The van der Waals surface area contributed by atoms with Crippen LogP contribution in [0.4, 0.5) is 4.39 Å². The van der Waals surface area contributed by atoms with Crippen LogP contribution in [0, 0.1) is 5.82 Å². The van der Waals surface area contributed by atoms with Gasteiger partial charge in [0.2, 0.25) is 0 Å². The van der Waals surface area contributed by atoms with Crippen molar-refractivity contribution in [2.24, 2.45) is 0 Å². The van der Waals surface area contributed by atoms with Crippen molar-refractivity contribution < 1.29 is 14.3 Å². The Kier molecular flexibility index (Phi) is 5.05. The normalized spacial score (nSPS) is 16.2. The minimum absolute atomic E-state index is 0.0288. The van der Waals surface area contributed by atoms with E-state index in [2.05, 4.69) is 0 Å². The van der Waals surface area contributed by atoms with Gasteiger partial charge >= 0.3 is 0 Å². The van der Waals surface area contributed by atoms with Gasteiger partial charge in [0.1, 0.15) is 5.82 Å². The van der Waals surface area contributed by atoms with Crippen LogP contribution in [0.15, 0.2) is 24.3 Å². The Morgan fingerprint density at radius 2 is 2.00 bits per heavy atom. The predicted molar refractivity (Wildman–Crippen MR) is 71.6 cm³/mol. The van der Waals surface area contributed by atoms with Crippen molar-refractivity contribution in [2.75, 3.05) is 19.7 Å². The number of hydrogen-bond acceptors (Lipinski definition) is 3. The Labute approximate surface area is 113 Å². The lowest BCUT2D eigenvalue weighted by Gasteiger charge is -2.27. The van der Waals surface area contributed by atoms with E-state index in [0.29, 0.717) is 12.6 Å². The van der Waals surface area contributed by atoms with E-state index in [1.54, 1.807) is 12.1 Å². The standard InChI is InChI=1S/C15H20FNO2/c16-14-8-4-3-7-13(14)15(19)11-17(9-10-18)12-5-1-2-6-12/h3-4,7-8,12,18H,1-2,5-6,9-11H2. The zero-order chi connectivity index (χ0) is 13.7. The molecule has 1 N–H and O–H groups in total. The first-order valence-electron chi connectivity index (χ1n) is 6.85. The number of ketones is 1. The zero-order valence-electron chi connectivity index (χ0n) is 11.0. The smallest absolute Gasteiger partial charge is 0.179 e. The molecule has 3 nitrogen and oxygen atoms in total. The number of benzene rings is 1. The van der Waals surface area contributed by atoms with E-state index in [9.17, 15) is 9.18 Å². The molecule has 4 heteroatoms. The van der Waals surface area contributed by atoms with Gasteiger partial charge in [0.15, 0.2) is 5.78 Å². The van der Waals surface area contributed by atoms with Crippen molar-refractivity contribution in [3.63, 3.8) is 0 Å². The highest BCUT2D eigenvalue weighted by atomic mass is 19.1. The molecule has 2 rings (SSSR count). The van der Waals surface area contributed by atoms with Gasteiger partial charge in [-0.05, 0) is 25.0 Å². The quantitative estimate of drug-likeness (QED) is 0.802. The van der Waals surface area contributed by atoms with Gasteiger partial charge in [-0.25, -0.2) is 4.39 Å². The van der Waals surface area contributed by atoms with Gasteiger partial charge in [-0.1, -0.05) is 25.0 Å². The summed E-state index contributed by atoms with van der Waals surface area (Å²) in [5.41, 5.74) is 0.142. The number of carbonyl (C=O) groups is 1. The second-order valence-electron chi connectivity index (χ2n) is 5.04. The topological polar surface area (TPSA) is 40.5 Å². The van der Waals surface area contributed by atoms with Crippen molar-refractivity contribution in [3.05, 3.63) is 35.6 Å². The monoisotopic (exact) mass is 265 g/mol. The summed E-state index contributed by atoms with van der Waals surface area (Å²) < 4.78 is 13.6. The van der Waals surface area contributed by atoms with Crippen molar-refractivity contribution in [1.29, 1.82) is 0 Å². The molecule has 104 valence electrons. The molecule has 0 atom stereocenters. The lowest BCUT2D eigenvalue weighted by atomic mass is 10.1. The van der Waals surface area contributed by atoms with Crippen LogP contribution in [0.3, 0.4) is 0 Å². The largest absolute Gasteiger partial charge is 0.395 e. The molecule has 1 aromatic rings. The Hall–Kier alpha value is -1.26. The molecular weight excluding hydrogens is 245 g/mol. The first-order chi connectivity index (χ1) is 9.22. The van der Waals surface area contributed by atoms with Gasteiger partial charge in [-0.15, -0.1) is 0 Å². The van der Waals surface area contributed by atoms with E-state index in [0.717, 1.165) is 12.8 Å². The first-order valence-corrected chi connectivity index (χ1v) is 6.85. The molecule has 1 aliphatic rings. The number of halogens is 1. The van der Waals surface area contributed by atoms with Crippen molar-refractivity contribution >= 4 is 5.78 Å². The molecule has 1 aliphatic carbocycles. The van der Waals surface area contributed by atoms with Crippen LogP contribution in [0.5, 0.6) is 0 Å². The van der Waals surface area contributed by atoms with E-state index in [1.165, 1.54) is 25.0 Å². The zero-order valence-corrected chi connectivity index (χ0v) is 11.0. The maximum atomic E-state index is 13.6. The highest BCUT2D eigenvalue weighted by Crippen LogP contribution is 2.23. The number of aliphatic hydroxyl groups is 1. The molecule has 0 spiro atoms. The van der Waals surface area contributed by atoms with Crippen molar-refractivity contribution in [2.45, 2.75) is 31.7 Å². The number of carbonyl (C=O) groups excluding carboxylic acids is 1. The van der Waals surface area contributed by atoms with Gasteiger partial charge in [-0.2, -0.15) is 0 Å². The molecule has 0 bridgehead atoms. The fourth-order valence-electron chi connectivity index (χ4n) is 2.75. The molecule has 0 amide bonds. The van der Waals surface area contributed by atoms with Gasteiger partial charge < -0.3 is 5.11 Å². The number of rotatable bonds is 6. The Morgan fingerprint density at radius 3 is 2.63 bits per heavy atom. The van der Waals surface area contributed by atoms with E-state index in [-0.39, 0.29) is 24.5 Å². The van der Waals surface area contributed by atoms with Gasteiger partial charge in [0.25, 0.3) is 0 Å². The summed E-state index contributed by atoms with van der Waals surface area (Å²) in [4.78, 5) is 14.1. The summed E-state index contributed by atoms with van der Waals surface area (Å²) in [6.45, 7) is 0.693. The number of Topliss-reactive ketones (excluding diaryl/α,β-unsaturated/α-hetero) is 1. The van der Waals surface area contributed by atoms with E-state index in [1.807, 2.05) is 4.90 Å². The van der Waals surface area contributed by atoms with Gasteiger partial charge in [0, 0.05) is 12.6 Å². The SMILES string of the molecule is O=C(CN(CCO)C1CCCC1)c1ccccc1F. The third kappa shape index (κ3) is 3.61. The van der Waals surface area contributed by atoms with Crippen LogP contribution in [-0.2, 0) is 0 Å². The highest BCUT2D eigenvalue weighted by molar-refractivity contribution is 5.97. The summed E-state index contributed by atoms with van der Waals surface area (Å²) in [6.07, 6.45) is 4.45. The first kappa shape index (κ1) is 14.2. The van der Waals surface area contributed by atoms with Crippen LogP contribution in [0.25, 0.3) is 0 Å². The molecule has 1 fully saturated rings. The third-order valence-electron chi connectivity index (χ3n) is 3.75. The van der Waals surface area contributed by atoms with Gasteiger partial charge in [0.05, 0.1) is 18.7 Å². The van der Waals surface area contributed by atoms with Crippen LogP contribution in [0.1, 0.15) is 36.0 Å². The van der Waals surface area contributed by atoms with Crippen molar-refractivity contribution in [1.82, 2.24) is 4.90 Å². The molecule has 1 saturated carbocycles. The molecule has 0 aromatic heterocycles. The van der Waals surface area contributed by atoms with Crippen LogP contribution >= 0.6 is 0 Å². The molecule has 19 heavy (non-hydrogen) atoms. The van der Waals surface area contributed by atoms with Gasteiger partial charge in [-0.3, -0.25) is 9.69 Å². The minimum atomic E-state index is -0.470. The number of aliphatic hydroxyl groups excluding tert-OH is 1. The summed E-state index contributed by atoms with van der Waals surface area (Å²) in [5.74, 6) is -0.679. The molecule has 0 radical (unpaired) electrons. The molecule has 0 aliphatic heterocycles. The van der Waals surface area contributed by atoms with E-state index >= 15 is 0 Å². The maximum absolute atomic E-state index is 13.6. The summed E-state index contributed by atoms with van der Waals surface area (Å²) in [7, 11) is 0. The maximum Gasteiger partial charge on any atom is 0.179 e. The summed E-state index contributed by atoms with van der Waals surface area (Å²) in [5, 5.41) is 9.11. The van der Waals surface area contributed by atoms with Crippen LogP contribution < -0.4 is 0 Å². The molecular formula is C15H20FNO2. The molecule has 0 saturated heterocycles.